The van der Waals surface area contributed by atoms with E-state index in [4.69, 9.17) is 8.92 Å². The van der Waals surface area contributed by atoms with Crippen molar-refractivity contribution in [2.75, 3.05) is 12.8 Å². The molecule has 0 unspecified atom stereocenters. The van der Waals surface area contributed by atoms with E-state index >= 15 is 4.39 Å². The average Bonchev–Trinajstić information content (AvgIpc) is 3.61. The second-order valence-corrected chi connectivity index (χ2v) is 13.9. The summed E-state index contributed by atoms with van der Waals surface area (Å²) in [5.41, 5.74) is 0.325. The molecule has 4 aromatic carbocycles. The van der Waals surface area contributed by atoms with E-state index in [1.165, 1.54) is 40.0 Å². The lowest BCUT2D eigenvalue weighted by Crippen LogP contribution is -2.48. The predicted octanol–water partition coefficient (Wildman–Crippen LogP) is 6.07. The molecule has 6 rings (SSSR count). The minimum Gasteiger partial charge on any atom is -0.483 e. The molecule has 51 heavy (non-hydrogen) atoms. The molecule has 0 saturated carbocycles. The molecule has 0 aliphatic carbocycles. The fourth-order valence-electron chi connectivity index (χ4n) is 6.39. The predicted molar refractivity (Wildman–Crippen MR) is 183 cm³/mol. The quantitative estimate of drug-likeness (QED) is 0.144. The zero-order chi connectivity index (χ0) is 36.1. The minimum absolute atomic E-state index is 0.0359. The topological polar surface area (TPSA) is 108 Å². The highest BCUT2D eigenvalue weighted by Crippen LogP contribution is 2.39. The van der Waals surface area contributed by atoms with Crippen molar-refractivity contribution in [1.82, 2.24) is 14.7 Å². The van der Waals surface area contributed by atoms with Crippen molar-refractivity contribution in [3.63, 3.8) is 0 Å². The van der Waals surface area contributed by atoms with Crippen LogP contribution in [-0.2, 0) is 27.5 Å². The number of likely N-dealkylation sites (tertiary alicyclic amines) is 1. The average molecular weight is 718 g/mol. The summed E-state index contributed by atoms with van der Waals surface area (Å²) < 4.78 is 82.8. The van der Waals surface area contributed by atoms with Crippen molar-refractivity contribution in [2.45, 2.75) is 44.1 Å². The van der Waals surface area contributed by atoms with E-state index in [0.29, 0.717) is 6.42 Å². The number of aromatic nitrogens is 2. The lowest BCUT2D eigenvalue weighted by Gasteiger charge is -2.36. The molecular formula is C38H34F3N3O6S. The fraction of sp³-hybridized carbons (Fsp3) is 0.237. The lowest BCUT2D eigenvalue weighted by atomic mass is 9.82. The van der Waals surface area contributed by atoms with Gasteiger partial charge < -0.3 is 9.64 Å². The van der Waals surface area contributed by atoms with Crippen molar-refractivity contribution < 1.29 is 35.3 Å². The molecule has 1 aromatic heterocycles. The van der Waals surface area contributed by atoms with Crippen LogP contribution in [0, 0.1) is 17.5 Å². The van der Waals surface area contributed by atoms with Crippen LogP contribution < -0.4 is 10.2 Å². The van der Waals surface area contributed by atoms with E-state index < -0.39 is 62.7 Å². The summed E-state index contributed by atoms with van der Waals surface area (Å²) >= 11 is 0. The third kappa shape index (κ3) is 8.38. The Balaban J connectivity index is 1.43. The monoisotopic (exact) mass is 717 g/mol. The van der Waals surface area contributed by atoms with Gasteiger partial charge in [0.25, 0.3) is 21.5 Å². The number of halogens is 3. The number of amides is 1. The van der Waals surface area contributed by atoms with E-state index in [-0.39, 0.29) is 43.0 Å². The van der Waals surface area contributed by atoms with Crippen LogP contribution >= 0.6 is 0 Å². The van der Waals surface area contributed by atoms with Crippen LogP contribution in [0.2, 0.25) is 0 Å². The van der Waals surface area contributed by atoms with Gasteiger partial charge in [-0.15, -0.1) is 0 Å². The Morgan fingerprint density at radius 3 is 2.24 bits per heavy atom. The number of ether oxygens (including phenoxy) is 1. The molecule has 1 aliphatic rings. The molecule has 5 aromatic rings. The number of benzene rings is 4. The highest BCUT2D eigenvalue weighted by Gasteiger charge is 2.44. The smallest absolute Gasteiger partial charge is 0.278 e. The molecule has 1 fully saturated rings. The summed E-state index contributed by atoms with van der Waals surface area (Å²) in [6.07, 6.45) is 1.26. The number of nitrogens with zero attached hydrogens (tertiary/aromatic N) is 3. The van der Waals surface area contributed by atoms with Crippen LogP contribution in [0.1, 0.15) is 51.5 Å². The van der Waals surface area contributed by atoms with Gasteiger partial charge in [0.1, 0.15) is 18.5 Å². The van der Waals surface area contributed by atoms with E-state index in [2.05, 4.69) is 5.10 Å². The second kappa shape index (κ2) is 15.3. The van der Waals surface area contributed by atoms with Crippen LogP contribution in [0.25, 0.3) is 0 Å². The van der Waals surface area contributed by atoms with Gasteiger partial charge in [-0.2, -0.15) is 13.5 Å². The molecule has 9 nitrogen and oxygen atoms in total. The summed E-state index contributed by atoms with van der Waals surface area (Å²) in [5.74, 6) is -5.32. The van der Waals surface area contributed by atoms with Crippen molar-refractivity contribution in [3.05, 3.63) is 165 Å². The van der Waals surface area contributed by atoms with E-state index in [0.717, 1.165) is 35.6 Å². The van der Waals surface area contributed by atoms with E-state index in [1.54, 1.807) is 0 Å². The summed E-state index contributed by atoms with van der Waals surface area (Å²) in [6, 6.07) is 25.6. The van der Waals surface area contributed by atoms with Gasteiger partial charge in [0, 0.05) is 18.0 Å². The second-order valence-electron chi connectivity index (χ2n) is 12.3. The molecule has 0 radical (unpaired) electrons. The Hall–Kier alpha value is -5.27. The zero-order valence-electron chi connectivity index (χ0n) is 27.5. The summed E-state index contributed by atoms with van der Waals surface area (Å²) in [6.45, 7) is 0.301. The first-order valence-corrected chi connectivity index (χ1v) is 18.0. The highest BCUT2D eigenvalue weighted by molar-refractivity contribution is 7.86. The maximum Gasteiger partial charge on any atom is 0.278 e. The molecular weight excluding hydrogens is 683 g/mol. The largest absolute Gasteiger partial charge is 0.483 e. The Morgan fingerprint density at radius 2 is 1.57 bits per heavy atom. The summed E-state index contributed by atoms with van der Waals surface area (Å²) in [4.78, 5) is 29.6. The zero-order valence-corrected chi connectivity index (χ0v) is 28.3. The molecule has 3 atom stereocenters. The molecule has 1 amide bonds. The number of rotatable bonds is 12. The third-order valence-electron chi connectivity index (χ3n) is 8.66. The van der Waals surface area contributed by atoms with Crippen molar-refractivity contribution in [3.8, 4) is 5.75 Å². The first kappa shape index (κ1) is 35.6. The van der Waals surface area contributed by atoms with Crippen LogP contribution in [0.15, 0.2) is 114 Å². The Morgan fingerprint density at radius 1 is 0.902 bits per heavy atom. The Labute approximate surface area is 293 Å². The molecule has 2 heterocycles. The molecule has 1 aliphatic heterocycles. The van der Waals surface area contributed by atoms with Crippen LogP contribution in [0.3, 0.4) is 0 Å². The van der Waals surface area contributed by atoms with Crippen molar-refractivity contribution in [2.24, 2.45) is 0 Å². The third-order valence-corrected chi connectivity index (χ3v) is 9.23. The first-order chi connectivity index (χ1) is 24.5. The van der Waals surface area contributed by atoms with Crippen molar-refractivity contribution >= 4 is 16.0 Å². The van der Waals surface area contributed by atoms with E-state index in [1.807, 2.05) is 60.7 Å². The van der Waals surface area contributed by atoms with Gasteiger partial charge in [0.15, 0.2) is 23.1 Å². The van der Waals surface area contributed by atoms with Crippen LogP contribution in [0.4, 0.5) is 13.2 Å². The van der Waals surface area contributed by atoms with Gasteiger partial charge in [0.2, 0.25) is 0 Å². The van der Waals surface area contributed by atoms with Gasteiger partial charge >= 0.3 is 0 Å². The number of hydrogen-bond acceptors (Lipinski definition) is 7. The van der Waals surface area contributed by atoms with Gasteiger partial charge in [-0.05, 0) is 47.7 Å². The molecule has 0 N–H and O–H groups in total. The van der Waals surface area contributed by atoms with Gasteiger partial charge in [-0.25, -0.2) is 13.2 Å². The van der Waals surface area contributed by atoms with Crippen molar-refractivity contribution in [1.29, 1.82) is 0 Å². The molecule has 0 spiro atoms. The molecule has 264 valence electrons. The van der Waals surface area contributed by atoms with Gasteiger partial charge in [0.05, 0.1) is 25.0 Å². The minimum atomic E-state index is -4.29. The maximum absolute atomic E-state index is 15.5. The first-order valence-electron chi connectivity index (χ1n) is 16.2. The maximum atomic E-state index is 15.5. The molecule has 1 saturated heterocycles. The number of carbonyl (C=O) groups is 1. The summed E-state index contributed by atoms with van der Waals surface area (Å²) in [7, 11) is -4.29. The van der Waals surface area contributed by atoms with Crippen LogP contribution in [0.5, 0.6) is 5.75 Å². The van der Waals surface area contributed by atoms with Crippen LogP contribution in [-0.4, -0.2) is 54.0 Å². The molecule has 0 bridgehead atoms. The molecule has 13 heteroatoms. The van der Waals surface area contributed by atoms with E-state index in [9.17, 15) is 26.8 Å². The Kier molecular flexibility index (Phi) is 10.7. The van der Waals surface area contributed by atoms with Gasteiger partial charge in [-0.3, -0.25) is 18.5 Å². The normalized spacial score (nSPS) is 15.8. The number of hydrogen-bond donors (Lipinski definition) is 0. The fourth-order valence-corrected chi connectivity index (χ4v) is 7.03. The standard InChI is InChI=1S/C38H34F3N3O6S/c1-51(47,48)50-37(33(27-17-19-28(39)20-18-27)29-14-8-15-30(40)34(29)41)31-16-9-21-44(31)38(46)35-36(45)32(49-24-26-12-6-3-7-13-26)23-43(42-35)22-25-10-4-2-5-11-25/h2-8,10-15,17-20,23,31,33,37H,9,16,21-22,24H2,1H3/t31-,33-,37+/m1/s1. The lowest BCUT2D eigenvalue weighted by molar-refractivity contribution is 0.0524. The summed E-state index contributed by atoms with van der Waals surface area (Å²) in [5, 5.41) is 4.42. The van der Waals surface area contributed by atoms with Gasteiger partial charge in [-0.1, -0.05) is 84.9 Å². The SMILES string of the molecule is CS(=O)(=O)O[C@H]([C@H](c1ccc(F)cc1)c1cccc(F)c1F)[C@H]1CCCN1C(=O)c1nn(Cc2ccccc2)cc(OCc2ccccc2)c1=O. The Bertz CT molecular complexity index is 2170. The number of carbonyl (C=O) groups excluding carboxylic acids is 1. The highest BCUT2D eigenvalue weighted by atomic mass is 32.2.